The van der Waals surface area contributed by atoms with Crippen LogP contribution in [0.1, 0.15) is 0 Å². The summed E-state index contributed by atoms with van der Waals surface area (Å²) in [5.74, 6) is -0.593. The van der Waals surface area contributed by atoms with E-state index in [1.165, 1.54) is 18.3 Å². The Kier molecular flexibility index (Phi) is 5.50. The molecule has 146 valence electrons. The smallest absolute Gasteiger partial charge is 0.294 e. The van der Waals surface area contributed by atoms with Gasteiger partial charge in [0.2, 0.25) is 0 Å². The molecule has 8 nitrogen and oxygen atoms in total. The lowest BCUT2D eigenvalue weighted by molar-refractivity contribution is -0.112. The minimum absolute atomic E-state index is 0.113. The number of nitrogens with zero attached hydrogens (tertiary/aromatic N) is 1. The van der Waals surface area contributed by atoms with Crippen molar-refractivity contribution in [3.05, 3.63) is 72.4 Å². The third kappa shape index (κ3) is 4.52. The van der Waals surface area contributed by atoms with Crippen molar-refractivity contribution in [3.8, 4) is 11.8 Å². The number of aromatic hydroxyl groups is 1. The summed E-state index contributed by atoms with van der Waals surface area (Å²) in [5.41, 5.74) is 0.621. The van der Waals surface area contributed by atoms with Gasteiger partial charge in [-0.15, -0.1) is 0 Å². The number of carbonyl (C=O) groups is 1. The maximum atomic E-state index is 12.3. The van der Waals surface area contributed by atoms with Gasteiger partial charge < -0.3 is 15.7 Å². The third-order valence-corrected chi connectivity index (χ3v) is 4.91. The zero-order valence-corrected chi connectivity index (χ0v) is 15.6. The van der Waals surface area contributed by atoms with Crippen LogP contribution in [-0.2, 0) is 14.9 Å². The fourth-order valence-electron chi connectivity index (χ4n) is 2.63. The Morgan fingerprint density at radius 3 is 2.31 bits per heavy atom. The number of rotatable bonds is 5. The summed E-state index contributed by atoms with van der Waals surface area (Å²) in [4.78, 5) is 12.0. The van der Waals surface area contributed by atoms with Crippen molar-refractivity contribution in [2.75, 3.05) is 10.6 Å². The Hall–Kier alpha value is -3.87. The molecule has 0 atom stereocenters. The first kappa shape index (κ1) is 19.9. The fraction of sp³-hybridized carbons (Fsp3) is 0. The van der Waals surface area contributed by atoms with E-state index in [1.807, 2.05) is 0 Å². The number of phenols is 1. The van der Waals surface area contributed by atoms with Crippen LogP contribution in [0.3, 0.4) is 0 Å². The number of fused-ring (bicyclic) bond motifs is 1. The standard InChI is InChI=1S/C20H15N3O5S/c21-11-13(20(25)23-14-7-9-15(10-8-14)29(26,27)28)12-22-18-5-1-4-17-16(18)3-2-6-19(17)24/h1-10,12,22,24H,(H,23,25)(H,26,27,28)/b13-12-. The van der Waals surface area contributed by atoms with Crippen molar-refractivity contribution in [2.45, 2.75) is 4.90 Å². The number of amides is 1. The van der Waals surface area contributed by atoms with E-state index in [9.17, 15) is 23.6 Å². The van der Waals surface area contributed by atoms with Gasteiger partial charge in [-0.2, -0.15) is 13.7 Å². The van der Waals surface area contributed by atoms with E-state index in [-0.39, 0.29) is 21.9 Å². The summed E-state index contributed by atoms with van der Waals surface area (Å²) in [5, 5.41) is 25.9. The van der Waals surface area contributed by atoms with Crippen LogP contribution in [-0.4, -0.2) is 24.0 Å². The molecular formula is C20H15N3O5S. The summed E-state index contributed by atoms with van der Waals surface area (Å²) >= 11 is 0. The second-order valence-electron chi connectivity index (χ2n) is 5.95. The molecule has 0 saturated heterocycles. The normalized spacial score (nSPS) is 11.7. The number of carbonyl (C=O) groups excluding carboxylic acids is 1. The molecule has 0 spiro atoms. The van der Waals surface area contributed by atoms with E-state index in [0.717, 1.165) is 12.1 Å². The monoisotopic (exact) mass is 409 g/mol. The topological polar surface area (TPSA) is 140 Å². The van der Waals surface area contributed by atoms with E-state index >= 15 is 0 Å². The molecule has 0 heterocycles. The van der Waals surface area contributed by atoms with Crippen LogP contribution >= 0.6 is 0 Å². The van der Waals surface area contributed by atoms with Gasteiger partial charge in [-0.3, -0.25) is 9.35 Å². The molecule has 0 radical (unpaired) electrons. The summed E-state index contributed by atoms with van der Waals surface area (Å²) in [6.07, 6.45) is 1.24. The van der Waals surface area contributed by atoms with Gasteiger partial charge in [0.1, 0.15) is 17.4 Å². The molecule has 4 N–H and O–H groups in total. The molecular weight excluding hydrogens is 394 g/mol. The highest BCUT2D eigenvalue weighted by molar-refractivity contribution is 7.85. The molecule has 3 aromatic rings. The largest absolute Gasteiger partial charge is 0.507 e. The van der Waals surface area contributed by atoms with Crippen molar-refractivity contribution < 1.29 is 22.9 Å². The number of nitriles is 1. The number of hydrogen-bond acceptors (Lipinski definition) is 6. The molecule has 0 aliphatic rings. The molecule has 0 saturated carbocycles. The van der Waals surface area contributed by atoms with E-state index in [4.69, 9.17) is 4.55 Å². The Labute approximate surface area is 166 Å². The Balaban J connectivity index is 1.79. The van der Waals surface area contributed by atoms with Gasteiger partial charge in [0.15, 0.2) is 0 Å². The van der Waals surface area contributed by atoms with E-state index in [1.54, 1.807) is 42.5 Å². The number of anilines is 2. The summed E-state index contributed by atoms with van der Waals surface area (Å²) in [6, 6.07) is 16.8. The molecule has 3 aromatic carbocycles. The predicted octanol–water partition coefficient (Wildman–Crippen LogP) is 3.25. The highest BCUT2D eigenvalue weighted by Gasteiger charge is 2.12. The van der Waals surface area contributed by atoms with Crippen molar-refractivity contribution in [2.24, 2.45) is 0 Å². The zero-order chi connectivity index (χ0) is 21.0. The molecule has 9 heteroatoms. The molecule has 3 rings (SSSR count). The average molecular weight is 409 g/mol. The Morgan fingerprint density at radius 1 is 1.00 bits per heavy atom. The van der Waals surface area contributed by atoms with Crippen LogP contribution in [0.2, 0.25) is 0 Å². The quantitative estimate of drug-likeness (QED) is 0.288. The van der Waals surface area contributed by atoms with Crippen LogP contribution in [0, 0.1) is 11.3 Å². The number of hydrogen-bond donors (Lipinski definition) is 4. The van der Waals surface area contributed by atoms with Gasteiger partial charge in [-0.05, 0) is 36.4 Å². The summed E-state index contributed by atoms with van der Waals surface area (Å²) in [7, 11) is -4.33. The van der Waals surface area contributed by atoms with Crippen molar-refractivity contribution in [3.63, 3.8) is 0 Å². The average Bonchev–Trinajstić information content (AvgIpc) is 2.69. The molecule has 0 aliphatic heterocycles. The second kappa shape index (κ2) is 8.02. The van der Waals surface area contributed by atoms with Crippen LogP contribution < -0.4 is 10.6 Å². The van der Waals surface area contributed by atoms with Gasteiger partial charge in [0.25, 0.3) is 16.0 Å². The first-order valence-corrected chi connectivity index (χ1v) is 9.70. The molecule has 0 bridgehead atoms. The number of benzene rings is 3. The highest BCUT2D eigenvalue weighted by atomic mass is 32.2. The van der Waals surface area contributed by atoms with Crippen LogP contribution in [0.4, 0.5) is 11.4 Å². The van der Waals surface area contributed by atoms with Crippen LogP contribution in [0.5, 0.6) is 5.75 Å². The minimum atomic E-state index is -4.33. The van der Waals surface area contributed by atoms with Gasteiger partial charge in [-0.25, -0.2) is 0 Å². The lowest BCUT2D eigenvalue weighted by Crippen LogP contribution is -2.14. The molecule has 0 fully saturated rings. The van der Waals surface area contributed by atoms with E-state index < -0.39 is 16.0 Å². The van der Waals surface area contributed by atoms with Crippen molar-refractivity contribution in [1.82, 2.24) is 0 Å². The lowest BCUT2D eigenvalue weighted by Gasteiger charge is -2.09. The maximum absolute atomic E-state index is 12.3. The maximum Gasteiger partial charge on any atom is 0.294 e. The van der Waals surface area contributed by atoms with Gasteiger partial charge in [0.05, 0.1) is 4.90 Å². The fourth-order valence-corrected chi connectivity index (χ4v) is 3.11. The predicted molar refractivity (Wildman–Crippen MR) is 108 cm³/mol. The van der Waals surface area contributed by atoms with Crippen molar-refractivity contribution in [1.29, 1.82) is 5.26 Å². The van der Waals surface area contributed by atoms with E-state index in [0.29, 0.717) is 16.5 Å². The lowest BCUT2D eigenvalue weighted by atomic mass is 10.1. The number of phenolic OH excluding ortho intramolecular Hbond substituents is 1. The highest BCUT2D eigenvalue weighted by Crippen LogP contribution is 2.29. The Morgan fingerprint density at radius 2 is 1.66 bits per heavy atom. The molecule has 29 heavy (non-hydrogen) atoms. The van der Waals surface area contributed by atoms with Crippen LogP contribution in [0.15, 0.2) is 77.3 Å². The first-order valence-electron chi connectivity index (χ1n) is 8.26. The SMILES string of the molecule is N#C/C(=C/Nc1cccc2c(O)cccc12)C(=O)Nc1ccc(S(=O)(=O)O)cc1. The number of nitrogens with one attached hydrogen (secondary N) is 2. The second-order valence-corrected chi connectivity index (χ2v) is 7.37. The van der Waals surface area contributed by atoms with E-state index in [2.05, 4.69) is 10.6 Å². The van der Waals surface area contributed by atoms with Gasteiger partial charge in [0, 0.05) is 28.3 Å². The molecule has 1 amide bonds. The molecule has 0 aliphatic carbocycles. The zero-order valence-electron chi connectivity index (χ0n) is 14.8. The van der Waals surface area contributed by atoms with Crippen molar-refractivity contribution >= 4 is 38.2 Å². The minimum Gasteiger partial charge on any atom is -0.507 e. The van der Waals surface area contributed by atoms with Gasteiger partial charge >= 0.3 is 0 Å². The van der Waals surface area contributed by atoms with Gasteiger partial charge in [-0.1, -0.05) is 24.3 Å². The third-order valence-electron chi connectivity index (χ3n) is 4.05. The molecule has 0 unspecified atom stereocenters. The summed E-state index contributed by atoms with van der Waals surface area (Å²) < 4.78 is 31.1. The summed E-state index contributed by atoms with van der Waals surface area (Å²) in [6.45, 7) is 0. The Bertz CT molecular complexity index is 1260. The molecule has 0 aromatic heterocycles. The first-order chi connectivity index (χ1) is 13.8. The van der Waals surface area contributed by atoms with Crippen LogP contribution in [0.25, 0.3) is 10.8 Å².